The molecule has 1 aliphatic heterocycles. The van der Waals surface area contributed by atoms with Gasteiger partial charge in [-0.3, -0.25) is 14.5 Å². The summed E-state index contributed by atoms with van der Waals surface area (Å²) in [5, 5.41) is 0.175. The molecule has 1 saturated carbocycles. The molecule has 2 fully saturated rings. The summed E-state index contributed by atoms with van der Waals surface area (Å²) >= 11 is 1.62. The highest BCUT2D eigenvalue weighted by atomic mass is 32.2. The lowest BCUT2D eigenvalue weighted by Gasteiger charge is -2.29. The van der Waals surface area contributed by atoms with Crippen molar-refractivity contribution >= 4 is 23.6 Å². The molecular formula is C14H24N2O2S. The maximum atomic E-state index is 12.4. The van der Waals surface area contributed by atoms with Gasteiger partial charge in [-0.2, -0.15) is 0 Å². The van der Waals surface area contributed by atoms with Gasteiger partial charge in [0.15, 0.2) is 0 Å². The Kier molecular flexibility index (Phi) is 5.28. The number of likely N-dealkylation sites (tertiary alicyclic amines) is 1. The fraction of sp³-hybridized carbons (Fsp3) is 0.857. The fourth-order valence-corrected chi connectivity index (χ4v) is 4.34. The Bertz CT molecular complexity index is 342. The SMILES string of the molecule is CC(CCN)SC1CC(=O)N(C2CCCCC2)C1=O. The number of carbonyl (C=O) groups excluding carboxylic acids is 2. The predicted molar refractivity (Wildman–Crippen MR) is 77.9 cm³/mol. The summed E-state index contributed by atoms with van der Waals surface area (Å²) in [6.07, 6.45) is 6.78. The minimum atomic E-state index is -0.170. The molecule has 0 aromatic heterocycles. The van der Waals surface area contributed by atoms with E-state index in [9.17, 15) is 9.59 Å². The predicted octanol–water partition coefficient (Wildman–Crippen LogP) is 1.92. The third-order valence-electron chi connectivity index (χ3n) is 4.05. The Morgan fingerprint density at radius 1 is 1.32 bits per heavy atom. The third kappa shape index (κ3) is 3.51. The van der Waals surface area contributed by atoms with E-state index in [1.54, 1.807) is 16.7 Å². The molecule has 1 heterocycles. The van der Waals surface area contributed by atoms with E-state index in [1.807, 2.05) is 0 Å². The van der Waals surface area contributed by atoms with Gasteiger partial charge in [-0.25, -0.2) is 0 Å². The average molecular weight is 284 g/mol. The van der Waals surface area contributed by atoms with Crippen LogP contribution in [0.3, 0.4) is 0 Å². The lowest BCUT2D eigenvalue weighted by Crippen LogP contribution is -2.41. The van der Waals surface area contributed by atoms with Crippen molar-refractivity contribution in [3.05, 3.63) is 0 Å². The van der Waals surface area contributed by atoms with E-state index in [1.165, 1.54) is 6.42 Å². The zero-order chi connectivity index (χ0) is 13.8. The summed E-state index contributed by atoms with van der Waals surface area (Å²) in [7, 11) is 0. The first-order chi connectivity index (χ1) is 9.13. The minimum Gasteiger partial charge on any atom is -0.330 e. The van der Waals surface area contributed by atoms with Crippen LogP contribution in [0.4, 0.5) is 0 Å². The number of imide groups is 1. The standard InChI is InChI=1S/C14H24N2O2S/c1-10(7-8-15)19-12-9-13(17)16(14(12)18)11-5-3-2-4-6-11/h10-12H,2-9,15H2,1H3. The first-order valence-electron chi connectivity index (χ1n) is 7.35. The summed E-state index contributed by atoms with van der Waals surface area (Å²) in [5.41, 5.74) is 5.53. The van der Waals surface area contributed by atoms with Gasteiger partial charge in [0.1, 0.15) is 0 Å². The number of carbonyl (C=O) groups is 2. The molecular weight excluding hydrogens is 260 g/mol. The van der Waals surface area contributed by atoms with Crippen LogP contribution >= 0.6 is 11.8 Å². The summed E-state index contributed by atoms with van der Waals surface area (Å²) < 4.78 is 0. The molecule has 1 aliphatic carbocycles. The number of thioether (sulfide) groups is 1. The Morgan fingerprint density at radius 2 is 2.00 bits per heavy atom. The van der Waals surface area contributed by atoms with E-state index in [0.29, 0.717) is 18.2 Å². The Labute approximate surface area is 119 Å². The molecule has 0 bridgehead atoms. The van der Waals surface area contributed by atoms with Crippen molar-refractivity contribution in [3.63, 3.8) is 0 Å². The molecule has 0 aromatic carbocycles. The first-order valence-corrected chi connectivity index (χ1v) is 8.29. The van der Waals surface area contributed by atoms with Gasteiger partial charge in [-0.05, 0) is 25.8 Å². The molecule has 0 spiro atoms. The molecule has 108 valence electrons. The van der Waals surface area contributed by atoms with E-state index in [2.05, 4.69) is 6.92 Å². The molecule has 0 aromatic rings. The minimum absolute atomic E-state index is 0.0364. The molecule has 4 nitrogen and oxygen atoms in total. The second-order valence-corrected chi connectivity index (χ2v) is 7.26. The molecule has 2 atom stereocenters. The van der Waals surface area contributed by atoms with Crippen molar-refractivity contribution in [2.75, 3.05) is 6.54 Å². The number of rotatable bonds is 5. The van der Waals surface area contributed by atoms with Gasteiger partial charge < -0.3 is 5.73 Å². The summed E-state index contributed by atoms with van der Waals surface area (Å²) in [5.74, 6) is 0.0834. The van der Waals surface area contributed by atoms with Crippen molar-refractivity contribution < 1.29 is 9.59 Å². The highest BCUT2D eigenvalue weighted by molar-refractivity contribution is 8.01. The van der Waals surface area contributed by atoms with Crippen LogP contribution in [0.1, 0.15) is 51.9 Å². The maximum Gasteiger partial charge on any atom is 0.243 e. The van der Waals surface area contributed by atoms with Gasteiger partial charge in [-0.15, -0.1) is 11.8 Å². The van der Waals surface area contributed by atoms with E-state index >= 15 is 0 Å². The van der Waals surface area contributed by atoms with Crippen LogP contribution in [0.2, 0.25) is 0 Å². The van der Waals surface area contributed by atoms with Crippen molar-refractivity contribution in [3.8, 4) is 0 Å². The number of nitrogens with zero attached hydrogens (tertiary/aromatic N) is 1. The zero-order valence-electron chi connectivity index (χ0n) is 11.6. The van der Waals surface area contributed by atoms with Crippen LogP contribution in [-0.2, 0) is 9.59 Å². The van der Waals surface area contributed by atoms with Crippen LogP contribution < -0.4 is 5.73 Å². The zero-order valence-corrected chi connectivity index (χ0v) is 12.5. The molecule has 5 heteroatoms. The number of hydrogen-bond acceptors (Lipinski definition) is 4. The van der Waals surface area contributed by atoms with Gasteiger partial charge in [0.2, 0.25) is 11.8 Å². The Morgan fingerprint density at radius 3 is 2.63 bits per heavy atom. The van der Waals surface area contributed by atoms with Gasteiger partial charge in [0, 0.05) is 17.7 Å². The smallest absolute Gasteiger partial charge is 0.243 e. The third-order valence-corrected chi connectivity index (χ3v) is 5.45. The van der Waals surface area contributed by atoms with Crippen molar-refractivity contribution in [2.24, 2.45) is 5.73 Å². The van der Waals surface area contributed by atoms with E-state index < -0.39 is 0 Å². The topological polar surface area (TPSA) is 63.4 Å². The molecule has 1 saturated heterocycles. The Balaban J connectivity index is 1.95. The highest BCUT2D eigenvalue weighted by Crippen LogP contribution is 2.33. The molecule has 2 aliphatic rings. The number of amides is 2. The number of hydrogen-bond donors (Lipinski definition) is 1. The summed E-state index contributed by atoms with van der Waals surface area (Å²) in [6.45, 7) is 2.72. The van der Waals surface area contributed by atoms with Crippen LogP contribution in [0, 0.1) is 0 Å². The normalized spacial score (nSPS) is 27.1. The van der Waals surface area contributed by atoms with Gasteiger partial charge in [-0.1, -0.05) is 26.2 Å². The summed E-state index contributed by atoms with van der Waals surface area (Å²) in [6, 6.07) is 0.171. The Hall–Kier alpha value is -0.550. The fourth-order valence-electron chi connectivity index (χ4n) is 3.03. The monoisotopic (exact) mass is 284 g/mol. The van der Waals surface area contributed by atoms with E-state index in [0.717, 1.165) is 32.1 Å². The second kappa shape index (κ2) is 6.75. The van der Waals surface area contributed by atoms with Crippen molar-refractivity contribution in [1.29, 1.82) is 0 Å². The molecule has 2 rings (SSSR count). The molecule has 19 heavy (non-hydrogen) atoms. The lowest BCUT2D eigenvalue weighted by atomic mass is 9.94. The maximum absolute atomic E-state index is 12.4. The molecule has 2 unspecified atom stereocenters. The summed E-state index contributed by atoms with van der Waals surface area (Å²) in [4.78, 5) is 26.1. The van der Waals surface area contributed by atoms with Crippen LogP contribution in [-0.4, -0.2) is 39.8 Å². The van der Waals surface area contributed by atoms with Crippen molar-refractivity contribution in [1.82, 2.24) is 4.90 Å². The van der Waals surface area contributed by atoms with E-state index in [-0.39, 0.29) is 23.1 Å². The first kappa shape index (κ1) is 14.9. The van der Waals surface area contributed by atoms with Gasteiger partial charge in [0.25, 0.3) is 0 Å². The number of nitrogens with two attached hydrogens (primary N) is 1. The largest absolute Gasteiger partial charge is 0.330 e. The van der Waals surface area contributed by atoms with Crippen LogP contribution in [0.25, 0.3) is 0 Å². The molecule has 2 amide bonds. The average Bonchev–Trinajstić information content (AvgIpc) is 2.66. The van der Waals surface area contributed by atoms with Gasteiger partial charge in [0.05, 0.1) is 5.25 Å². The molecule has 0 radical (unpaired) electrons. The van der Waals surface area contributed by atoms with Gasteiger partial charge >= 0.3 is 0 Å². The second-order valence-electron chi connectivity index (χ2n) is 5.61. The van der Waals surface area contributed by atoms with E-state index in [4.69, 9.17) is 5.73 Å². The van der Waals surface area contributed by atoms with Crippen LogP contribution in [0.15, 0.2) is 0 Å². The lowest BCUT2D eigenvalue weighted by molar-refractivity contribution is -0.141. The quantitative estimate of drug-likeness (QED) is 0.783. The van der Waals surface area contributed by atoms with Crippen molar-refractivity contribution in [2.45, 2.75) is 68.4 Å². The van der Waals surface area contributed by atoms with Crippen LogP contribution in [0.5, 0.6) is 0 Å². The highest BCUT2D eigenvalue weighted by Gasteiger charge is 2.43. The molecule has 2 N–H and O–H groups in total.